The molecule has 1 saturated heterocycles. The van der Waals surface area contributed by atoms with E-state index in [4.69, 9.17) is 16.2 Å². The normalized spacial score (nSPS) is 15.8. The number of nitrogens with two attached hydrogens (primary N) is 2. The van der Waals surface area contributed by atoms with E-state index in [0.29, 0.717) is 24.4 Å². The van der Waals surface area contributed by atoms with Crippen LogP contribution in [0.5, 0.6) is 5.75 Å². The molecule has 0 spiro atoms. The number of anilines is 2. The van der Waals surface area contributed by atoms with E-state index in [-0.39, 0.29) is 28.1 Å². The minimum atomic E-state index is -1.12. The van der Waals surface area contributed by atoms with Gasteiger partial charge in [-0.2, -0.15) is 4.37 Å². The summed E-state index contributed by atoms with van der Waals surface area (Å²) in [4.78, 5) is 40.8. The maximum atomic E-state index is 14.0. The molecule has 6 N–H and O–H groups in total. The molecule has 194 valence electrons. The van der Waals surface area contributed by atoms with Gasteiger partial charge in [0.1, 0.15) is 16.7 Å². The van der Waals surface area contributed by atoms with Gasteiger partial charge in [-0.1, -0.05) is 31.2 Å². The number of rotatable bonds is 9. The van der Waals surface area contributed by atoms with Gasteiger partial charge in [-0.05, 0) is 66.2 Å². The number of phenols is 1. The molecule has 2 atom stereocenters. The zero-order valence-corrected chi connectivity index (χ0v) is 21.2. The van der Waals surface area contributed by atoms with Gasteiger partial charge < -0.3 is 26.6 Å². The van der Waals surface area contributed by atoms with Crippen molar-refractivity contribution in [3.63, 3.8) is 0 Å². The average Bonchev–Trinajstić information content (AvgIpc) is 3.56. The Balaban J connectivity index is 1.80. The molecule has 4 rings (SSSR count). The number of hydrogen-bond donors (Lipinski definition) is 4. The number of nitrogens with zero attached hydrogens (tertiary/aromatic N) is 2. The highest BCUT2D eigenvalue weighted by atomic mass is 32.1. The molecule has 2 heterocycles. The standard InChI is InChI=1S/C26H29N5O5S/c1-2-15-5-9-17(10-6-15)31(26(35)23-20(27)21(24(28)33)30-37-23)22(16-7-11-18(32)12-8-16)25(34)29-14-19-4-3-13-36-19/h5-12,19,22,32H,2-4,13-14,27H2,1H3,(H2,28,33)(H,29,34)/t19-,22-/m0/s1. The SMILES string of the molecule is CCc1ccc(N(C(=O)c2snc(C(N)=O)c2N)[C@H](C(=O)NC[C@@H]2CCCO2)c2ccc(O)cc2)cc1. The average molecular weight is 524 g/mol. The number of benzene rings is 2. The van der Waals surface area contributed by atoms with Crippen molar-refractivity contribution in [1.82, 2.24) is 9.69 Å². The molecular weight excluding hydrogens is 494 g/mol. The van der Waals surface area contributed by atoms with E-state index in [9.17, 15) is 19.5 Å². The fourth-order valence-electron chi connectivity index (χ4n) is 4.21. The number of aromatic hydroxyl groups is 1. The Labute approximate surface area is 218 Å². The van der Waals surface area contributed by atoms with Crippen molar-refractivity contribution in [2.75, 3.05) is 23.8 Å². The van der Waals surface area contributed by atoms with Crippen molar-refractivity contribution in [2.45, 2.75) is 38.3 Å². The van der Waals surface area contributed by atoms with Crippen LogP contribution in [0.1, 0.15) is 57.1 Å². The Morgan fingerprint density at radius 3 is 2.46 bits per heavy atom. The van der Waals surface area contributed by atoms with Crippen LogP contribution in [0.15, 0.2) is 48.5 Å². The molecule has 1 aromatic heterocycles. The van der Waals surface area contributed by atoms with Crippen molar-refractivity contribution in [3.8, 4) is 5.75 Å². The predicted molar refractivity (Wildman–Crippen MR) is 141 cm³/mol. The predicted octanol–water partition coefficient (Wildman–Crippen LogP) is 2.78. The minimum absolute atomic E-state index is 0.0101. The zero-order valence-electron chi connectivity index (χ0n) is 20.3. The molecule has 0 unspecified atom stereocenters. The molecule has 10 nitrogen and oxygen atoms in total. The van der Waals surface area contributed by atoms with Crippen LogP contribution in [-0.2, 0) is 16.0 Å². The molecule has 37 heavy (non-hydrogen) atoms. The van der Waals surface area contributed by atoms with Gasteiger partial charge in [0.15, 0.2) is 5.69 Å². The number of amides is 3. The van der Waals surface area contributed by atoms with Crippen LogP contribution in [0.3, 0.4) is 0 Å². The molecule has 1 fully saturated rings. The minimum Gasteiger partial charge on any atom is -0.508 e. The number of nitrogens with one attached hydrogen (secondary N) is 1. The van der Waals surface area contributed by atoms with E-state index in [1.54, 1.807) is 24.3 Å². The summed E-state index contributed by atoms with van der Waals surface area (Å²) in [5.41, 5.74) is 13.1. The summed E-state index contributed by atoms with van der Waals surface area (Å²) in [7, 11) is 0. The van der Waals surface area contributed by atoms with Gasteiger partial charge in [0.25, 0.3) is 11.8 Å². The van der Waals surface area contributed by atoms with Crippen LogP contribution in [0.25, 0.3) is 0 Å². The molecule has 1 aliphatic heterocycles. The highest BCUT2D eigenvalue weighted by molar-refractivity contribution is 7.09. The van der Waals surface area contributed by atoms with Gasteiger partial charge in [-0.15, -0.1) is 0 Å². The lowest BCUT2D eigenvalue weighted by atomic mass is 10.0. The van der Waals surface area contributed by atoms with E-state index in [1.807, 2.05) is 19.1 Å². The number of aryl methyl sites for hydroxylation is 1. The summed E-state index contributed by atoms with van der Waals surface area (Å²) in [5, 5.41) is 12.8. The highest BCUT2D eigenvalue weighted by Gasteiger charge is 2.36. The van der Waals surface area contributed by atoms with E-state index in [0.717, 1.165) is 36.4 Å². The first-order valence-corrected chi connectivity index (χ1v) is 12.7. The third kappa shape index (κ3) is 5.73. The van der Waals surface area contributed by atoms with E-state index < -0.39 is 23.8 Å². The Morgan fingerprint density at radius 1 is 1.19 bits per heavy atom. The molecule has 3 aromatic rings. The number of ether oxygens (including phenoxy) is 1. The maximum absolute atomic E-state index is 14.0. The lowest BCUT2D eigenvalue weighted by Crippen LogP contribution is -2.45. The van der Waals surface area contributed by atoms with E-state index >= 15 is 0 Å². The van der Waals surface area contributed by atoms with E-state index in [2.05, 4.69) is 9.69 Å². The monoisotopic (exact) mass is 523 g/mol. The van der Waals surface area contributed by atoms with Crippen LogP contribution in [0, 0.1) is 0 Å². The second-order valence-electron chi connectivity index (χ2n) is 8.71. The Bertz CT molecular complexity index is 1270. The molecule has 0 bridgehead atoms. The summed E-state index contributed by atoms with van der Waals surface area (Å²) >= 11 is 0.745. The number of primary amides is 1. The Morgan fingerprint density at radius 2 is 1.89 bits per heavy atom. The van der Waals surface area contributed by atoms with E-state index in [1.165, 1.54) is 17.0 Å². The highest BCUT2D eigenvalue weighted by Crippen LogP contribution is 2.34. The second-order valence-corrected chi connectivity index (χ2v) is 9.48. The molecular formula is C26H29N5O5S. The third-order valence-electron chi connectivity index (χ3n) is 6.24. The van der Waals surface area contributed by atoms with Crippen LogP contribution in [0.4, 0.5) is 11.4 Å². The number of nitrogen functional groups attached to an aromatic ring is 1. The summed E-state index contributed by atoms with van der Waals surface area (Å²) < 4.78 is 9.60. The van der Waals surface area contributed by atoms with Crippen LogP contribution in [-0.4, -0.2) is 46.5 Å². The Kier molecular flexibility index (Phi) is 8.04. The summed E-state index contributed by atoms with van der Waals surface area (Å²) in [6.45, 7) is 2.95. The first-order chi connectivity index (χ1) is 17.8. The van der Waals surface area contributed by atoms with Crippen molar-refractivity contribution in [1.29, 1.82) is 0 Å². The van der Waals surface area contributed by atoms with Gasteiger partial charge in [-0.3, -0.25) is 19.3 Å². The molecule has 0 saturated carbocycles. The number of aromatic nitrogens is 1. The van der Waals surface area contributed by atoms with Crippen molar-refractivity contribution >= 4 is 40.6 Å². The summed E-state index contributed by atoms with van der Waals surface area (Å²) in [6.07, 6.45) is 2.44. The molecule has 0 aliphatic carbocycles. The number of phenolic OH excluding ortho intramolecular Hbond substituents is 1. The van der Waals surface area contributed by atoms with Crippen molar-refractivity contribution < 1.29 is 24.2 Å². The van der Waals surface area contributed by atoms with Gasteiger partial charge in [0.05, 0.1) is 11.8 Å². The molecule has 0 radical (unpaired) electrons. The largest absolute Gasteiger partial charge is 0.508 e. The first kappa shape index (κ1) is 26.1. The van der Waals surface area contributed by atoms with Gasteiger partial charge in [0.2, 0.25) is 5.91 Å². The van der Waals surface area contributed by atoms with Crippen LogP contribution in [0.2, 0.25) is 0 Å². The topological polar surface area (TPSA) is 161 Å². The maximum Gasteiger partial charge on any atom is 0.273 e. The number of carbonyl (C=O) groups is 3. The van der Waals surface area contributed by atoms with Gasteiger partial charge in [-0.25, -0.2) is 0 Å². The number of hydrogen-bond acceptors (Lipinski definition) is 8. The smallest absolute Gasteiger partial charge is 0.273 e. The second kappa shape index (κ2) is 11.4. The fourth-order valence-corrected chi connectivity index (χ4v) is 4.95. The number of carbonyl (C=O) groups excluding carboxylic acids is 3. The van der Waals surface area contributed by atoms with Crippen LogP contribution < -0.4 is 21.7 Å². The molecule has 1 aliphatic rings. The molecule has 2 aromatic carbocycles. The Hall–Kier alpha value is -3.96. The lowest BCUT2D eigenvalue weighted by molar-refractivity contribution is -0.123. The summed E-state index contributed by atoms with van der Waals surface area (Å²) in [6, 6.07) is 12.2. The van der Waals surface area contributed by atoms with Crippen molar-refractivity contribution in [2.24, 2.45) is 5.73 Å². The molecule has 3 amide bonds. The molecule has 11 heteroatoms. The van der Waals surface area contributed by atoms with Gasteiger partial charge in [0, 0.05) is 18.8 Å². The third-order valence-corrected chi connectivity index (χ3v) is 7.09. The summed E-state index contributed by atoms with van der Waals surface area (Å²) in [5.74, 6) is -1.88. The first-order valence-electron chi connectivity index (χ1n) is 12.0. The van der Waals surface area contributed by atoms with Gasteiger partial charge >= 0.3 is 0 Å². The zero-order chi connectivity index (χ0) is 26.5. The van der Waals surface area contributed by atoms with Crippen molar-refractivity contribution in [3.05, 3.63) is 70.2 Å². The van der Waals surface area contributed by atoms with Crippen LogP contribution >= 0.6 is 11.5 Å². The quantitative estimate of drug-likeness (QED) is 0.335. The lowest BCUT2D eigenvalue weighted by Gasteiger charge is -2.31. The fraction of sp³-hybridized carbons (Fsp3) is 0.308.